The highest BCUT2D eigenvalue weighted by Gasteiger charge is 2.33. The van der Waals surface area contributed by atoms with E-state index in [-0.39, 0.29) is 17.9 Å². The van der Waals surface area contributed by atoms with Crippen molar-refractivity contribution in [1.29, 1.82) is 0 Å². The zero-order valence-electron chi connectivity index (χ0n) is 12.9. The lowest BCUT2D eigenvalue weighted by atomic mass is 9.92. The van der Waals surface area contributed by atoms with Crippen LogP contribution in [0.15, 0.2) is 0 Å². The summed E-state index contributed by atoms with van der Waals surface area (Å²) in [5, 5.41) is 2.45. The van der Waals surface area contributed by atoms with Crippen molar-refractivity contribution in [3.8, 4) is 0 Å². The Hall–Kier alpha value is -0.940. The number of piperazine rings is 1. The van der Waals surface area contributed by atoms with Gasteiger partial charge in [0.1, 0.15) is 0 Å². The van der Waals surface area contributed by atoms with Crippen molar-refractivity contribution in [3.63, 3.8) is 0 Å². The molecule has 0 radical (unpaired) electrons. The van der Waals surface area contributed by atoms with Crippen LogP contribution in [0.2, 0.25) is 0 Å². The molecule has 2 aliphatic heterocycles. The fourth-order valence-corrected chi connectivity index (χ4v) is 2.82. The summed E-state index contributed by atoms with van der Waals surface area (Å²) in [6.07, 6.45) is 2.35. The second-order valence-electron chi connectivity index (χ2n) is 7.16. The first-order valence-corrected chi connectivity index (χ1v) is 7.65. The Balaban J connectivity index is 1.76. The largest absolute Gasteiger partial charge is 0.301 e. The zero-order chi connectivity index (χ0) is 14.8. The first-order chi connectivity index (χ1) is 9.35. The summed E-state index contributed by atoms with van der Waals surface area (Å²) < 4.78 is 0. The van der Waals surface area contributed by atoms with Crippen LogP contribution in [-0.2, 0) is 9.59 Å². The molecule has 1 unspecified atom stereocenters. The zero-order valence-corrected chi connectivity index (χ0v) is 12.9. The highest BCUT2D eigenvalue weighted by atomic mass is 16.2. The Labute approximate surface area is 121 Å². The standard InChI is InChI=1S/C15H27N3O2/c1-15(2,3)6-7-17-8-10-18(11-9-17)12-4-5-13(19)16-14(12)20/h12H,4-11H2,1-3H3,(H,16,19,20). The first-order valence-electron chi connectivity index (χ1n) is 7.65. The van der Waals surface area contributed by atoms with Gasteiger partial charge in [-0.2, -0.15) is 0 Å². The van der Waals surface area contributed by atoms with Gasteiger partial charge in [-0.15, -0.1) is 0 Å². The van der Waals surface area contributed by atoms with Gasteiger partial charge in [0.25, 0.3) is 0 Å². The lowest BCUT2D eigenvalue weighted by molar-refractivity contribution is -0.138. The van der Waals surface area contributed by atoms with Gasteiger partial charge in [0.2, 0.25) is 11.8 Å². The summed E-state index contributed by atoms with van der Waals surface area (Å²) in [6, 6.07) is -0.0996. The normalized spacial score (nSPS) is 26.6. The number of piperidine rings is 1. The van der Waals surface area contributed by atoms with Crippen LogP contribution in [0.25, 0.3) is 0 Å². The molecule has 2 heterocycles. The molecule has 2 saturated heterocycles. The summed E-state index contributed by atoms with van der Waals surface area (Å²) in [6.45, 7) is 11.8. The summed E-state index contributed by atoms with van der Waals surface area (Å²) in [5.41, 5.74) is 0.376. The minimum absolute atomic E-state index is 0.0996. The molecule has 1 atom stereocenters. The van der Waals surface area contributed by atoms with E-state index in [9.17, 15) is 9.59 Å². The summed E-state index contributed by atoms with van der Waals surface area (Å²) >= 11 is 0. The van der Waals surface area contributed by atoms with Crippen molar-refractivity contribution in [3.05, 3.63) is 0 Å². The van der Waals surface area contributed by atoms with E-state index in [0.29, 0.717) is 18.3 Å². The molecule has 2 rings (SSSR count). The van der Waals surface area contributed by atoms with Crippen LogP contribution in [0.4, 0.5) is 0 Å². The minimum Gasteiger partial charge on any atom is -0.301 e. The van der Waals surface area contributed by atoms with Crippen molar-refractivity contribution >= 4 is 11.8 Å². The van der Waals surface area contributed by atoms with Crippen molar-refractivity contribution in [2.45, 2.75) is 46.1 Å². The predicted octanol–water partition coefficient (Wildman–Crippen LogP) is 0.845. The van der Waals surface area contributed by atoms with E-state index in [1.165, 1.54) is 6.42 Å². The predicted molar refractivity (Wildman–Crippen MR) is 78.3 cm³/mol. The monoisotopic (exact) mass is 281 g/mol. The van der Waals surface area contributed by atoms with Gasteiger partial charge in [0, 0.05) is 32.6 Å². The molecule has 2 aliphatic rings. The quantitative estimate of drug-likeness (QED) is 0.779. The van der Waals surface area contributed by atoms with Crippen molar-refractivity contribution in [2.24, 2.45) is 5.41 Å². The van der Waals surface area contributed by atoms with Gasteiger partial charge >= 0.3 is 0 Å². The number of amides is 2. The van der Waals surface area contributed by atoms with E-state index >= 15 is 0 Å². The molecule has 0 aliphatic carbocycles. The van der Waals surface area contributed by atoms with E-state index in [2.05, 4.69) is 35.9 Å². The van der Waals surface area contributed by atoms with E-state index in [4.69, 9.17) is 0 Å². The number of nitrogens with zero attached hydrogens (tertiary/aromatic N) is 2. The smallest absolute Gasteiger partial charge is 0.243 e. The van der Waals surface area contributed by atoms with Gasteiger partial charge < -0.3 is 4.90 Å². The number of rotatable bonds is 3. The fraction of sp³-hybridized carbons (Fsp3) is 0.867. The van der Waals surface area contributed by atoms with E-state index in [1.54, 1.807) is 0 Å². The molecule has 20 heavy (non-hydrogen) atoms. The van der Waals surface area contributed by atoms with Gasteiger partial charge in [-0.25, -0.2) is 0 Å². The molecule has 114 valence electrons. The fourth-order valence-electron chi connectivity index (χ4n) is 2.82. The summed E-state index contributed by atoms with van der Waals surface area (Å²) in [4.78, 5) is 27.7. The highest BCUT2D eigenvalue weighted by molar-refractivity contribution is 6.00. The van der Waals surface area contributed by atoms with E-state index < -0.39 is 0 Å². The number of imide groups is 1. The molecule has 5 heteroatoms. The molecular weight excluding hydrogens is 254 g/mol. The Bertz CT molecular complexity index is 368. The van der Waals surface area contributed by atoms with Crippen LogP contribution in [0.3, 0.4) is 0 Å². The lowest BCUT2D eigenvalue weighted by Gasteiger charge is -2.40. The van der Waals surface area contributed by atoms with Crippen LogP contribution in [0, 0.1) is 5.41 Å². The van der Waals surface area contributed by atoms with E-state index in [0.717, 1.165) is 32.7 Å². The number of carbonyl (C=O) groups is 2. The number of carbonyl (C=O) groups excluding carboxylic acids is 2. The summed E-state index contributed by atoms with van der Waals surface area (Å²) in [7, 11) is 0. The number of nitrogens with one attached hydrogen (secondary N) is 1. The minimum atomic E-state index is -0.130. The molecule has 0 saturated carbocycles. The summed E-state index contributed by atoms with van der Waals surface area (Å²) in [5.74, 6) is -0.237. The molecule has 1 N–H and O–H groups in total. The molecule has 0 bridgehead atoms. The molecule has 2 fully saturated rings. The van der Waals surface area contributed by atoms with Gasteiger partial charge in [0.15, 0.2) is 0 Å². The average molecular weight is 281 g/mol. The molecule has 0 aromatic rings. The third kappa shape index (κ3) is 4.28. The SMILES string of the molecule is CC(C)(C)CCN1CCN(C2CCC(=O)NC2=O)CC1. The lowest BCUT2D eigenvalue weighted by Crippen LogP contribution is -2.57. The Morgan fingerprint density at radius 2 is 1.80 bits per heavy atom. The molecule has 5 nitrogen and oxygen atoms in total. The van der Waals surface area contributed by atoms with Crippen molar-refractivity contribution in [2.75, 3.05) is 32.7 Å². The highest BCUT2D eigenvalue weighted by Crippen LogP contribution is 2.20. The van der Waals surface area contributed by atoms with Crippen LogP contribution in [0.5, 0.6) is 0 Å². The Morgan fingerprint density at radius 3 is 2.35 bits per heavy atom. The number of hydrogen-bond donors (Lipinski definition) is 1. The molecular formula is C15H27N3O2. The third-order valence-electron chi connectivity index (χ3n) is 4.24. The van der Waals surface area contributed by atoms with Crippen LogP contribution in [0.1, 0.15) is 40.0 Å². The molecule has 2 amide bonds. The van der Waals surface area contributed by atoms with Crippen LogP contribution < -0.4 is 5.32 Å². The maximum Gasteiger partial charge on any atom is 0.243 e. The first kappa shape index (κ1) is 15.4. The Kier molecular flexibility index (Phi) is 4.81. The van der Waals surface area contributed by atoms with Crippen LogP contribution >= 0.6 is 0 Å². The van der Waals surface area contributed by atoms with Crippen molar-refractivity contribution < 1.29 is 9.59 Å². The maximum absolute atomic E-state index is 11.9. The van der Waals surface area contributed by atoms with Gasteiger partial charge in [-0.1, -0.05) is 20.8 Å². The van der Waals surface area contributed by atoms with Crippen molar-refractivity contribution in [1.82, 2.24) is 15.1 Å². The van der Waals surface area contributed by atoms with Gasteiger partial charge in [0.05, 0.1) is 6.04 Å². The van der Waals surface area contributed by atoms with Gasteiger partial charge in [-0.05, 0) is 24.8 Å². The maximum atomic E-state index is 11.9. The molecule has 0 aromatic carbocycles. The van der Waals surface area contributed by atoms with Crippen LogP contribution in [-0.4, -0.2) is 60.4 Å². The molecule has 0 aromatic heterocycles. The third-order valence-corrected chi connectivity index (χ3v) is 4.24. The second-order valence-corrected chi connectivity index (χ2v) is 7.16. The second kappa shape index (κ2) is 6.22. The van der Waals surface area contributed by atoms with Gasteiger partial charge in [-0.3, -0.25) is 19.8 Å². The Morgan fingerprint density at radius 1 is 1.15 bits per heavy atom. The topological polar surface area (TPSA) is 52.6 Å². The van der Waals surface area contributed by atoms with E-state index in [1.807, 2.05) is 0 Å². The average Bonchev–Trinajstić information content (AvgIpc) is 2.36. The molecule has 0 spiro atoms. The number of hydrogen-bond acceptors (Lipinski definition) is 4.